The third-order valence-electron chi connectivity index (χ3n) is 3.71. The van der Waals surface area contributed by atoms with E-state index in [1.165, 1.54) is 0 Å². The molecule has 6 heteroatoms. The van der Waals surface area contributed by atoms with Gasteiger partial charge in [-0.25, -0.2) is 0 Å². The van der Waals surface area contributed by atoms with Crippen molar-refractivity contribution in [2.75, 3.05) is 25.5 Å². The number of carbonyl (C=O) groups is 2. The maximum absolute atomic E-state index is 12.2. The van der Waals surface area contributed by atoms with E-state index >= 15 is 0 Å². The Morgan fingerprint density at radius 2 is 2.27 bits per heavy atom. The molecule has 1 N–H and O–H groups in total. The van der Waals surface area contributed by atoms with Crippen LogP contribution in [0.1, 0.15) is 26.2 Å². The Labute approximate surface area is 135 Å². The van der Waals surface area contributed by atoms with Gasteiger partial charge in [0.1, 0.15) is 12.4 Å². The number of nitrogens with zero attached hydrogens (tertiary/aromatic N) is 1. The van der Waals surface area contributed by atoms with Crippen LogP contribution in [0.4, 0.5) is 5.69 Å². The first-order valence-electron chi connectivity index (χ1n) is 7.48. The van der Waals surface area contributed by atoms with Crippen molar-refractivity contribution >= 4 is 29.1 Å². The highest BCUT2D eigenvalue weighted by Crippen LogP contribution is 2.31. The minimum absolute atomic E-state index is 0.0406. The number of hydrogen-bond acceptors (Lipinski definition) is 3. The van der Waals surface area contributed by atoms with Crippen molar-refractivity contribution < 1.29 is 14.3 Å². The highest BCUT2D eigenvalue weighted by atomic mass is 35.5. The van der Waals surface area contributed by atoms with E-state index in [-0.39, 0.29) is 24.8 Å². The van der Waals surface area contributed by atoms with Crippen LogP contribution in [0.25, 0.3) is 0 Å². The molecule has 120 valence electrons. The molecule has 0 saturated heterocycles. The third kappa shape index (κ3) is 4.13. The van der Waals surface area contributed by atoms with Gasteiger partial charge >= 0.3 is 0 Å². The number of halogens is 1. The zero-order chi connectivity index (χ0) is 16.1. The molecule has 2 rings (SSSR count). The molecule has 0 saturated carbocycles. The van der Waals surface area contributed by atoms with E-state index in [4.69, 9.17) is 16.3 Å². The summed E-state index contributed by atoms with van der Waals surface area (Å²) in [4.78, 5) is 26.1. The first kappa shape index (κ1) is 16.6. The molecular formula is C16H21ClN2O3. The van der Waals surface area contributed by atoms with Gasteiger partial charge in [-0.3, -0.25) is 9.59 Å². The number of fused-ring (bicyclic) bond motifs is 1. The standard InChI is InChI=1S/C16H21ClN2O3/c1-3-4-7-19(2)15(20)8-11-10-22-14-9-12(17)5-6-13(14)18-16(11)21/h5-6,9,11H,3-4,7-8,10H2,1-2H3,(H,18,21). The quantitative estimate of drug-likeness (QED) is 0.906. The molecule has 1 atom stereocenters. The van der Waals surface area contributed by atoms with Gasteiger partial charge in [-0.15, -0.1) is 0 Å². The minimum atomic E-state index is -0.497. The predicted molar refractivity (Wildman–Crippen MR) is 86.2 cm³/mol. The lowest BCUT2D eigenvalue weighted by atomic mass is 10.0. The molecule has 0 aromatic heterocycles. The first-order chi connectivity index (χ1) is 10.5. The van der Waals surface area contributed by atoms with Crippen molar-refractivity contribution in [3.63, 3.8) is 0 Å². The second kappa shape index (κ2) is 7.49. The Balaban J connectivity index is 1.99. The number of ether oxygens (including phenoxy) is 1. The summed E-state index contributed by atoms with van der Waals surface area (Å²) >= 11 is 5.92. The van der Waals surface area contributed by atoms with Gasteiger partial charge in [0.05, 0.1) is 11.6 Å². The normalized spacial score (nSPS) is 17.0. The summed E-state index contributed by atoms with van der Waals surface area (Å²) in [5.41, 5.74) is 0.587. The van der Waals surface area contributed by atoms with Crippen LogP contribution >= 0.6 is 11.6 Å². The van der Waals surface area contributed by atoms with Crippen LogP contribution in [0.2, 0.25) is 5.02 Å². The van der Waals surface area contributed by atoms with Crippen molar-refractivity contribution in [1.82, 2.24) is 4.90 Å². The Hall–Kier alpha value is -1.75. The Kier molecular flexibility index (Phi) is 5.66. The number of benzene rings is 1. The fraction of sp³-hybridized carbons (Fsp3) is 0.500. The topological polar surface area (TPSA) is 58.6 Å². The van der Waals surface area contributed by atoms with Gasteiger partial charge in [0.25, 0.3) is 0 Å². The lowest BCUT2D eigenvalue weighted by Crippen LogP contribution is -2.34. The van der Waals surface area contributed by atoms with Crippen LogP contribution in [-0.4, -0.2) is 36.9 Å². The molecule has 1 aliphatic rings. The van der Waals surface area contributed by atoms with Gasteiger partial charge in [-0.1, -0.05) is 24.9 Å². The predicted octanol–water partition coefficient (Wildman–Crippen LogP) is 2.94. The van der Waals surface area contributed by atoms with Crippen molar-refractivity contribution in [3.8, 4) is 5.75 Å². The van der Waals surface area contributed by atoms with Crippen molar-refractivity contribution in [2.45, 2.75) is 26.2 Å². The smallest absolute Gasteiger partial charge is 0.231 e. The number of carbonyl (C=O) groups excluding carboxylic acids is 2. The van der Waals surface area contributed by atoms with Gasteiger partial charge in [0.15, 0.2) is 0 Å². The fourth-order valence-corrected chi connectivity index (χ4v) is 2.42. The van der Waals surface area contributed by atoms with E-state index < -0.39 is 5.92 Å². The SMILES string of the molecule is CCCCN(C)C(=O)CC1COc2cc(Cl)ccc2NC1=O. The molecule has 22 heavy (non-hydrogen) atoms. The highest BCUT2D eigenvalue weighted by molar-refractivity contribution is 6.30. The van der Waals surface area contributed by atoms with Gasteiger partial charge < -0.3 is 15.0 Å². The van der Waals surface area contributed by atoms with Crippen LogP contribution in [0, 0.1) is 5.92 Å². The summed E-state index contributed by atoms with van der Waals surface area (Å²) in [5, 5.41) is 3.34. The molecule has 0 aliphatic carbocycles. The maximum Gasteiger partial charge on any atom is 0.231 e. The molecule has 0 spiro atoms. The Bertz CT molecular complexity index is 562. The van der Waals surface area contributed by atoms with Crippen molar-refractivity contribution in [1.29, 1.82) is 0 Å². The molecule has 0 radical (unpaired) electrons. The van der Waals surface area contributed by atoms with Crippen LogP contribution in [0.15, 0.2) is 18.2 Å². The highest BCUT2D eigenvalue weighted by Gasteiger charge is 2.28. The molecular weight excluding hydrogens is 304 g/mol. The van der Waals surface area contributed by atoms with E-state index in [0.717, 1.165) is 12.8 Å². The fourth-order valence-electron chi connectivity index (χ4n) is 2.26. The largest absolute Gasteiger partial charge is 0.491 e. The Morgan fingerprint density at radius 1 is 1.50 bits per heavy atom. The summed E-state index contributed by atoms with van der Waals surface area (Å²) < 4.78 is 5.64. The van der Waals surface area contributed by atoms with E-state index in [9.17, 15) is 9.59 Å². The van der Waals surface area contributed by atoms with Gasteiger partial charge in [0, 0.05) is 31.1 Å². The number of amides is 2. The molecule has 1 aromatic rings. The van der Waals surface area contributed by atoms with Gasteiger partial charge in [-0.05, 0) is 18.6 Å². The number of rotatable bonds is 5. The molecule has 1 unspecified atom stereocenters. The lowest BCUT2D eigenvalue weighted by Gasteiger charge is -2.19. The van der Waals surface area contributed by atoms with E-state index in [1.807, 2.05) is 0 Å². The van der Waals surface area contributed by atoms with Crippen LogP contribution < -0.4 is 10.1 Å². The lowest BCUT2D eigenvalue weighted by molar-refractivity contribution is -0.134. The summed E-state index contributed by atoms with van der Waals surface area (Å²) in [6.45, 7) is 2.96. The molecule has 1 heterocycles. The minimum Gasteiger partial charge on any atom is -0.491 e. The Morgan fingerprint density at radius 3 is 3.00 bits per heavy atom. The second-order valence-electron chi connectivity index (χ2n) is 5.51. The van der Waals surface area contributed by atoms with E-state index in [0.29, 0.717) is 23.0 Å². The van der Waals surface area contributed by atoms with Gasteiger partial charge in [0.2, 0.25) is 11.8 Å². The summed E-state index contributed by atoms with van der Waals surface area (Å²) in [6.07, 6.45) is 2.13. The van der Waals surface area contributed by atoms with Crippen molar-refractivity contribution in [2.24, 2.45) is 5.92 Å². The monoisotopic (exact) mass is 324 g/mol. The summed E-state index contributed by atoms with van der Waals surface area (Å²) in [5.74, 6) is -0.197. The molecule has 0 bridgehead atoms. The molecule has 1 aliphatic heterocycles. The summed E-state index contributed by atoms with van der Waals surface area (Å²) in [6, 6.07) is 5.05. The van der Waals surface area contributed by atoms with Crippen LogP contribution in [0.5, 0.6) is 5.75 Å². The van der Waals surface area contributed by atoms with Gasteiger partial charge in [-0.2, -0.15) is 0 Å². The van der Waals surface area contributed by atoms with Crippen molar-refractivity contribution in [3.05, 3.63) is 23.2 Å². The van der Waals surface area contributed by atoms with E-state index in [1.54, 1.807) is 30.1 Å². The average molecular weight is 325 g/mol. The molecule has 1 aromatic carbocycles. The molecule has 0 fully saturated rings. The number of unbranched alkanes of at least 4 members (excludes halogenated alkanes) is 1. The van der Waals surface area contributed by atoms with Crippen LogP contribution in [-0.2, 0) is 9.59 Å². The third-order valence-corrected chi connectivity index (χ3v) is 3.94. The molecule has 2 amide bonds. The zero-order valence-corrected chi connectivity index (χ0v) is 13.7. The number of hydrogen-bond donors (Lipinski definition) is 1. The molecule has 5 nitrogen and oxygen atoms in total. The van der Waals surface area contributed by atoms with Crippen LogP contribution in [0.3, 0.4) is 0 Å². The van der Waals surface area contributed by atoms with E-state index in [2.05, 4.69) is 12.2 Å². The summed E-state index contributed by atoms with van der Waals surface area (Å²) in [7, 11) is 1.77. The number of anilines is 1. The first-order valence-corrected chi connectivity index (χ1v) is 7.86. The average Bonchev–Trinajstić information content (AvgIpc) is 2.64. The maximum atomic E-state index is 12.2. The number of nitrogens with one attached hydrogen (secondary N) is 1. The second-order valence-corrected chi connectivity index (χ2v) is 5.95. The zero-order valence-electron chi connectivity index (χ0n) is 12.9.